The Hall–Kier alpha value is -3.91. The zero-order valence-electron chi connectivity index (χ0n) is 25.6. The zero-order valence-corrected chi connectivity index (χ0v) is 25.6. The largest absolute Gasteiger partial charge is 0.492 e. The molecule has 7 heteroatoms. The third-order valence-electron chi connectivity index (χ3n) is 8.66. The van der Waals surface area contributed by atoms with Crippen LogP contribution in [0.2, 0.25) is 0 Å². The van der Waals surface area contributed by atoms with E-state index in [0.29, 0.717) is 12.6 Å². The van der Waals surface area contributed by atoms with E-state index in [1.54, 1.807) is 11.6 Å². The molecule has 0 spiro atoms. The Kier molecular flexibility index (Phi) is 10.3. The summed E-state index contributed by atoms with van der Waals surface area (Å²) in [4.78, 5) is 19.9. The van der Waals surface area contributed by atoms with Gasteiger partial charge in [-0.15, -0.1) is 0 Å². The second-order valence-electron chi connectivity index (χ2n) is 11.4. The van der Waals surface area contributed by atoms with Gasteiger partial charge in [-0.05, 0) is 96.9 Å². The smallest absolute Gasteiger partial charge is 0.267 e. The van der Waals surface area contributed by atoms with E-state index in [-0.39, 0.29) is 0 Å². The normalized spacial score (nSPS) is 14.7. The van der Waals surface area contributed by atoms with E-state index >= 15 is 0 Å². The van der Waals surface area contributed by atoms with E-state index in [4.69, 9.17) is 9.94 Å². The topological polar surface area (TPSA) is 80.8 Å². The van der Waals surface area contributed by atoms with Gasteiger partial charge in [-0.25, -0.2) is 5.48 Å². The van der Waals surface area contributed by atoms with Gasteiger partial charge >= 0.3 is 0 Å². The van der Waals surface area contributed by atoms with Crippen LogP contribution in [0.15, 0.2) is 72.9 Å². The van der Waals surface area contributed by atoms with Gasteiger partial charge in [0, 0.05) is 48.9 Å². The van der Waals surface area contributed by atoms with Crippen molar-refractivity contribution in [3.63, 3.8) is 0 Å². The summed E-state index contributed by atoms with van der Waals surface area (Å²) >= 11 is 0. The molecule has 43 heavy (non-hydrogen) atoms. The minimum Gasteiger partial charge on any atom is -0.492 e. The Morgan fingerprint density at radius 3 is 2.65 bits per heavy atom. The number of amides is 1. The number of hydrogen-bond acceptors (Lipinski definition) is 5. The van der Waals surface area contributed by atoms with Crippen LogP contribution >= 0.6 is 0 Å². The molecule has 1 heterocycles. The highest BCUT2D eigenvalue weighted by molar-refractivity contribution is 5.90. The number of aryl methyl sites for hydroxylation is 2. The van der Waals surface area contributed by atoms with E-state index in [2.05, 4.69) is 102 Å². The highest BCUT2D eigenvalue weighted by Crippen LogP contribution is 2.38. The van der Waals surface area contributed by atoms with Gasteiger partial charge in [0.1, 0.15) is 12.4 Å². The number of carbonyl (C=O) groups excluding carboxylic acids is 1. The van der Waals surface area contributed by atoms with Gasteiger partial charge in [0.25, 0.3) is 5.91 Å². The van der Waals surface area contributed by atoms with Gasteiger partial charge in [-0.1, -0.05) is 56.3 Å². The minimum absolute atomic E-state index is 0.311. The van der Waals surface area contributed by atoms with E-state index in [0.717, 1.165) is 63.3 Å². The highest BCUT2D eigenvalue weighted by Gasteiger charge is 2.28. The predicted molar refractivity (Wildman–Crippen MR) is 173 cm³/mol. The molecule has 0 saturated carbocycles. The number of aromatic nitrogens is 1. The third-order valence-corrected chi connectivity index (χ3v) is 8.66. The first-order chi connectivity index (χ1) is 21.0. The summed E-state index contributed by atoms with van der Waals surface area (Å²) in [6.07, 6.45) is 8.26. The van der Waals surface area contributed by atoms with Crippen LogP contribution in [0.5, 0.6) is 5.75 Å². The van der Waals surface area contributed by atoms with Crippen LogP contribution in [-0.2, 0) is 24.2 Å². The lowest BCUT2D eigenvalue weighted by molar-refractivity contribution is -0.124. The Morgan fingerprint density at radius 1 is 1.07 bits per heavy atom. The summed E-state index contributed by atoms with van der Waals surface area (Å²) < 4.78 is 6.04. The Balaban J connectivity index is 1.33. The average molecular weight is 581 g/mol. The van der Waals surface area contributed by atoms with Crippen molar-refractivity contribution in [2.45, 2.75) is 52.6 Å². The molecule has 0 fully saturated rings. The molecular formula is C36H44N4O3. The monoisotopic (exact) mass is 580 g/mol. The van der Waals surface area contributed by atoms with Crippen LogP contribution in [0.3, 0.4) is 0 Å². The van der Waals surface area contributed by atoms with Gasteiger partial charge in [0.15, 0.2) is 0 Å². The van der Waals surface area contributed by atoms with Crippen molar-refractivity contribution < 1.29 is 14.7 Å². The third kappa shape index (κ3) is 7.73. The number of ether oxygens (including phenoxy) is 1. The summed E-state index contributed by atoms with van der Waals surface area (Å²) in [7, 11) is 0. The maximum absolute atomic E-state index is 11.5. The molecule has 226 valence electrons. The molecule has 1 aromatic heterocycles. The second-order valence-corrected chi connectivity index (χ2v) is 11.4. The summed E-state index contributed by atoms with van der Waals surface area (Å²) in [5.41, 5.74) is 10.4. The molecule has 3 N–H and O–H groups in total. The molecule has 1 atom stereocenters. The molecule has 3 aromatic carbocycles. The molecule has 1 amide bonds. The number of H-pyrrole nitrogens is 1. The molecule has 0 radical (unpaired) electrons. The van der Waals surface area contributed by atoms with Crippen molar-refractivity contribution >= 4 is 22.9 Å². The number of benzene rings is 3. The number of nitrogens with zero attached hydrogens (tertiary/aromatic N) is 2. The van der Waals surface area contributed by atoms with Gasteiger partial charge < -0.3 is 14.6 Å². The fraction of sp³-hybridized carbons (Fsp3) is 0.361. The Morgan fingerprint density at radius 2 is 1.88 bits per heavy atom. The first-order valence-electron chi connectivity index (χ1n) is 15.5. The average Bonchev–Trinajstić information content (AvgIpc) is 3.64. The summed E-state index contributed by atoms with van der Waals surface area (Å²) in [5, 5.41) is 10.1. The lowest BCUT2D eigenvalue weighted by atomic mass is 10.0. The molecular weight excluding hydrogens is 536 g/mol. The van der Waals surface area contributed by atoms with Crippen LogP contribution in [-0.4, -0.2) is 58.7 Å². The maximum atomic E-state index is 11.5. The van der Waals surface area contributed by atoms with Crippen LogP contribution in [0.25, 0.3) is 17.0 Å². The van der Waals surface area contributed by atoms with Crippen LogP contribution < -0.4 is 10.2 Å². The molecule has 0 saturated heterocycles. The highest BCUT2D eigenvalue weighted by atomic mass is 16.5. The molecule has 0 bridgehead atoms. The predicted octanol–water partition coefficient (Wildman–Crippen LogP) is 6.45. The molecule has 1 aliphatic rings. The molecule has 5 rings (SSSR count). The van der Waals surface area contributed by atoms with Crippen molar-refractivity contribution in [2.24, 2.45) is 0 Å². The number of fused-ring (bicyclic) bond motifs is 2. The molecule has 4 aromatic rings. The number of aromatic amines is 1. The van der Waals surface area contributed by atoms with Crippen molar-refractivity contribution in [2.75, 3.05) is 32.8 Å². The van der Waals surface area contributed by atoms with Crippen LogP contribution in [0, 0.1) is 6.92 Å². The van der Waals surface area contributed by atoms with Crippen molar-refractivity contribution in [1.29, 1.82) is 0 Å². The van der Waals surface area contributed by atoms with Crippen LogP contribution in [0.4, 0.5) is 0 Å². The summed E-state index contributed by atoms with van der Waals surface area (Å²) in [5.74, 6) is 0.385. The van der Waals surface area contributed by atoms with E-state index in [1.165, 1.54) is 44.8 Å². The Labute approximate surface area is 255 Å². The number of hydroxylamine groups is 1. The standard InChI is InChI=1S/C36H44N4O3/c1-4-39(5-2)20-21-43-31-12-7-28(8-13-31)25-40(19-18-30-24-37-34-22-26(3)6-14-32(30)34)35-16-11-29-23-27(9-15-33(29)35)10-17-36(41)38-42/h6-10,12-15,17,22-24,35,37,42H,4-5,11,16,18-21,25H2,1-3H3,(H,38,41). The molecule has 1 unspecified atom stereocenters. The lowest BCUT2D eigenvalue weighted by Gasteiger charge is -2.30. The van der Waals surface area contributed by atoms with Gasteiger partial charge in [0.05, 0.1) is 0 Å². The number of hydrogen-bond donors (Lipinski definition) is 3. The van der Waals surface area contributed by atoms with Crippen molar-refractivity contribution in [3.8, 4) is 5.75 Å². The van der Waals surface area contributed by atoms with Gasteiger partial charge in [-0.2, -0.15) is 0 Å². The van der Waals surface area contributed by atoms with Crippen molar-refractivity contribution in [3.05, 3.63) is 106 Å². The lowest BCUT2D eigenvalue weighted by Crippen LogP contribution is -2.29. The first kappa shape index (κ1) is 30.5. The number of rotatable bonds is 14. The fourth-order valence-electron chi connectivity index (χ4n) is 6.18. The maximum Gasteiger partial charge on any atom is 0.267 e. The fourth-order valence-corrected chi connectivity index (χ4v) is 6.18. The van der Waals surface area contributed by atoms with E-state index in [1.807, 2.05) is 0 Å². The molecule has 1 aliphatic carbocycles. The molecule has 0 aliphatic heterocycles. The zero-order chi connectivity index (χ0) is 30.2. The quantitative estimate of drug-likeness (QED) is 0.0908. The second kappa shape index (κ2) is 14.5. The van der Waals surface area contributed by atoms with E-state index in [9.17, 15) is 4.79 Å². The number of carbonyl (C=O) groups is 1. The molecule has 7 nitrogen and oxygen atoms in total. The minimum atomic E-state index is -0.530. The first-order valence-corrected chi connectivity index (χ1v) is 15.5. The SMILES string of the molecule is CCN(CC)CCOc1ccc(CN(CCc2c[nH]c3cc(C)ccc23)C2CCc3cc(C=CC(=O)NO)ccc32)cc1. The van der Waals surface area contributed by atoms with Gasteiger partial charge in [0.2, 0.25) is 0 Å². The van der Waals surface area contributed by atoms with Gasteiger partial charge in [-0.3, -0.25) is 14.9 Å². The van der Waals surface area contributed by atoms with Crippen molar-refractivity contribution in [1.82, 2.24) is 20.3 Å². The van der Waals surface area contributed by atoms with E-state index < -0.39 is 5.91 Å². The van der Waals surface area contributed by atoms with Crippen LogP contribution in [0.1, 0.15) is 59.7 Å². The Bertz CT molecular complexity index is 1540. The summed E-state index contributed by atoms with van der Waals surface area (Å²) in [6.45, 7) is 12.0. The summed E-state index contributed by atoms with van der Waals surface area (Å²) in [6, 6.07) is 22.0. The number of likely N-dealkylation sites (N-methyl/N-ethyl adjacent to an activating group) is 1. The number of nitrogens with one attached hydrogen (secondary N) is 2.